The van der Waals surface area contributed by atoms with Gasteiger partial charge in [-0.2, -0.15) is 0 Å². The van der Waals surface area contributed by atoms with Gasteiger partial charge < -0.3 is 0 Å². The van der Waals surface area contributed by atoms with E-state index < -0.39 is 0 Å². The third-order valence-corrected chi connectivity index (χ3v) is 3.85. The highest BCUT2D eigenvalue weighted by Gasteiger charge is 2.27. The molecule has 0 saturated heterocycles. The first-order valence-electron chi connectivity index (χ1n) is 5.90. The van der Waals surface area contributed by atoms with Gasteiger partial charge in [-0.15, -0.1) is 11.8 Å². The third-order valence-electron chi connectivity index (χ3n) is 2.52. The van der Waals surface area contributed by atoms with Crippen LogP contribution in [-0.4, -0.2) is 9.49 Å². The Hall–Kier alpha value is 0.350. The lowest BCUT2D eigenvalue weighted by Crippen LogP contribution is -2.26. The second kappa shape index (κ2) is 5.44. The van der Waals surface area contributed by atoms with Crippen molar-refractivity contribution in [3.63, 3.8) is 0 Å². The minimum absolute atomic E-state index is 0.384. The predicted molar refractivity (Wildman–Crippen MR) is 70.1 cm³/mol. The molecule has 0 aliphatic heterocycles. The number of rotatable bonds is 5. The van der Waals surface area contributed by atoms with Gasteiger partial charge in [-0.05, 0) is 12.3 Å². The van der Waals surface area contributed by atoms with E-state index in [9.17, 15) is 0 Å². The van der Waals surface area contributed by atoms with E-state index in [1.165, 1.54) is 19.3 Å². The molecule has 1 heteroatoms. The van der Waals surface area contributed by atoms with Crippen LogP contribution in [0.2, 0.25) is 0 Å². The zero-order valence-corrected chi connectivity index (χ0v) is 11.9. The van der Waals surface area contributed by atoms with Gasteiger partial charge in [-0.3, -0.25) is 0 Å². The molecule has 0 aromatic heterocycles. The molecule has 86 valence electrons. The lowest BCUT2D eigenvalue weighted by molar-refractivity contribution is 0.408. The zero-order chi connectivity index (χ0) is 11.4. The van der Waals surface area contributed by atoms with Crippen molar-refractivity contribution in [3.8, 4) is 0 Å². The number of hydrogen-bond acceptors (Lipinski definition) is 1. The largest absolute Gasteiger partial charge is 0.150 e. The molecule has 0 aromatic carbocycles. The van der Waals surface area contributed by atoms with Crippen molar-refractivity contribution in [1.82, 2.24) is 0 Å². The molecule has 0 aliphatic carbocycles. The standard InChI is InChI=1S/C13H28S/c1-8-11(9-2)10-13(6,7)14-12(3,4)5/h11H,8-10H2,1-7H3. The quantitative estimate of drug-likeness (QED) is 0.614. The highest BCUT2D eigenvalue weighted by atomic mass is 32.2. The molecule has 0 aromatic rings. The smallest absolute Gasteiger partial charge is 0.0111 e. The molecule has 0 nitrogen and oxygen atoms in total. The lowest BCUT2D eigenvalue weighted by atomic mass is 9.92. The minimum Gasteiger partial charge on any atom is -0.150 e. The highest BCUT2D eigenvalue weighted by Crippen LogP contribution is 2.40. The maximum Gasteiger partial charge on any atom is 0.0111 e. The van der Waals surface area contributed by atoms with Crippen LogP contribution in [0.25, 0.3) is 0 Å². The molecule has 0 rings (SSSR count). The van der Waals surface area contributed by atoms with Crippen LogP contribution in [0.5, 0.6) is 0 Å². The van der Waals surface area contributed by atoms with Gasteiger partial charge in [0.15, 0.2) is 0 Å². The first-order chi connectivity index (χ1) is 6.20. The maximum absolute atomic E-state index is 2.39. The van der Waals surface area contributed by atoms with Crippen LogP contribution >= 0.6 is 11.8 Å². The van der Waals surface area contributed by atoms with E-state index in [1.54, 1.807) is 0 Å². The Morgan fingerprint density at radius 1 is 0.929 bits per heavy atom. The third kappa shape index (κ3) is 6.75. The van der Waals surface area contributed by atoms with Crippen LogP contribution in [0.4, 0.5) is 0 Å². The van der Waals surface area contributed by atoms with E-state index in [1.807, 2.05) is 0 Å². The van der Waals surface area contributed by atoms with Crippen molar-refractivity contribution in [2.75, 3.05) is 0 Å². The van der Waals surface area contributed by atoms with Crippen LogP contribution in [0.1, 0.15) is 67.7 Å². The minimum atomic E-state index is 0.384. The molecule has 0 fully saturated rings. The molecule has 0 unspecified atom stereocenters. The maximum atomic E-state index is 2.39. The summed E-state index contributed by atoms with van der Waals surface area (Å²) < 4.78 is 0.810. The van der Waals surface area contributed by atoms with Crippen molar-refractivity contribution < 1.29 is 0 Å². The summed E-state index contributed by atoms with van der Waals surface area (Å²) in [7, 11) is 0. The SMILES string of the molecule is CCC(CC)CC(C)(C)SC(C)(C)C. The fraction of sp³-hybridized carbons (Fsp3) is 1.00. The van der Waals surface area contributed by atoms with Crippen LogP contribution < -0.4 is 0 Å². The van der Waals surface area contributed by atoms with E-state index in [0.717, 1.165) is 5.92 Å². The van der Waals surface area contributed by atoms with Gasteiger partial charge >= 0.3 is 0 Å². The van der Waals surface area contributed by atoms with Gasteiger partial charge in [-0.25, -0.2) is 0 Å². The van der Waals surface area contributed by atoms with Gasteiger partial charge in [0.1, 0.15) is 0 Å². The second-order valence-corrected chi connectivity index (χ2v) is 8.39. The Morgan fingerprint density at radius 3 is 1.64 bits per heavy atom. The molecule has 0 radical (unpaired) electrons. The van der Waals surface area contributed by atoms with Crippen LogP contribution in [0.15, 0.2) is 0 Å². The predicted octanol–water partition coefficient (Wildman–Crippen LogP) is 5.12. The summed E-state index contributed by atoms with van der Waals surface area (Å²) in [5.41, 5.74) is 0. The normalized spacial score (nSPS) is 13.7. The summed E-state index contributed by atoms with van der Waals surface area (Å²) in [6, 6.07) is 0. The first kappa shape index (κ1) is 14.3. The van der Waals surface area contributed by atoms with Gasteiger partial charge in [0.2, 0.25) is 0 Å². The molecule has 14 heavy (non-hydrogen) atoms. The molecule has 0 bridgehead atoms. The molecule has 0 aliphatic rings. The summed E-state index contributed by atoms with van der Waals surface area (Å²) in [5.74, 6) is 0.903. The molecular formula is C13H28S. The Labute approximate surface area is 95.2 Å². The molecule has 0 heterocycles. The lowest BCUT2D eigenvalue weighted by Gasteiger charge is -2.34. The van der Waals surface area contributed by atoms with Crippen molar-refractivity contribution in [2.45, 2.75) is 77.2 Å². The molecule has 0 spiro atoms. The topological polar surface area (TPSA) is 0 Å². The van der Waals surface area contributed by atoms with E-state index in [2.05, 4.69) is 60.2 Å². The summed E-state index contributed by atoms with van der Waals surface area (Å²) in [4.78, 5) is 0. The van der Waals surface area contributed by atoms with Crippen molar-refractivity contribution in [1.29, 1.82) is 0 Å². The average molecular weight is 216 g/mol. The Morgan fingerprint density at radius 2 is 1.36 bits per heavy atom. The average Bonchev–Trinajstić information content (AvgIpc) is 1.95. The Kier molecular flexibility index (Phi) is 5.57. The van der Waals surface area contributed by atoms with Crippen LogP contribution in [-0.2, 0) is 0 Å². The van der Waals surface area contributed by atoms with Gasteiger partial charge in [0.25, 0.3) is 0 Å². The summed E-state index contributed by atoms with van der Waals surface area (Å²) in [6.45, 7) is 16.3. The number of thioether (sulfide) groups is 1. The number of hydrogen-bond donors (Lipinski definition) is 0. The highest BCUT2D eigenvalue weighted by molar-refractivity contribution is 8.01. The summed E-state index contributed by atoms with van der Waals surface area (Å²) >= 11 is 2.12. The van der Waals surface area contributed by atoms with Crippen molar-refractivity contribution >= 4 is 11.8 Å². The Bertz CT molecular complexity index is 149. The molecule has 0 N–H and O–H groups in total. The van der Waals surface area contributed by atoms with Gasteiger partial charge in [0.05, 0.1) is 0 Å². The first-order valence-corrected chi connectivity index (χ1v) is 6.72. The monoisotopic (exact) mass is 216 g/mol. The van der Waals surface area contributed by atoms with Gasteiger partial charge in [0, 0.05) is 9.49 Å². The van der Waals surface area contributed by atoms with Crippen molar-refractivity contribution in [3.05, 3.63) is 0 Å². The molecular weight excluding hydrogens is 188 g/mol. The van der Waals surface area contributed by atoms with E-state index >= 15 is 0 Å². The summed E-state index contributed by atoms with van der Waals surface area (Å²) in [6.07, 6.45) is 4.00. The fourth-order valence-corrected chi connectivity index (χ4v) is 4.12. The van der Waals surface area contributed by atoms with Crippen molar-refractivity contribution in [2.24, 2.45) is 5.92 Å². The summed E-state index contributed by atoms with van der Waals surface area (Å²) in [5, 5.41) is 0. The molecule has 0 amide bonds. The van der Waals surface area contributed by atoms with Crippen LogP contribution in [0, 0.1) is 5.92 Å². The molecule has 0 atom stereocenters. The van der Waals surface area contributed by atoms with E-state index in [-0.39, 0.29) is 0 Å². The fourth-order valence-electron chi connectivity index (χ4n) is 2.14. The zero-order valence-electron chi connectivity index (χ0n) is 11.1. The second-order valence-electron chi connectivity index (χ2n) is 5.86. The molecule has 0 saturated carbocycles. The van der Waals surface area contributed by atoms with Crippen LogP contribution in [0.3, 0.4) is 0 Å². The van der Waals surface area contributed by atoms with E-state index in [0.29, 0.717) is 9.49 Å². The van der Waals surface area contributed by atoms with E-state index in [4.69, 9.17) is 0 Å². The van der Waals surface area contributed by atoms with Gasteiger partial charge in [-0.1, -0.05) is 61.3 Å². The Balaban J connectivity index is 4.18.